The summed E-state index contributed by atoms with van der Waals surface area (Å²) in [6.45, 7) is 3.59. The van der Waals surface area contributed by atoms with E-state index in [0.717, 1.165) is 5.69 Å². The fourth-order valence-electron chi connectivity index (χ4n) is 1.39. The molecule has 2 heterocycles. The van der Waals surface area contributed by atoms with Crippen LogP contribution >= 0.6 is 11.3 Å². The second-order valence-electron chi connectivity index (χ2n) is 3.95. The Morgan fingerprint density at radius 1 is 1.37 bits per heavy atom. The molecule has 2 aromatic heterocycles. The molecule has 0 saturated carbocycles. The molecule has 0 saturated heterocycles. The van der Waals surface area contributed by atoms with Gasteiger partial charge in [-0.2, -0.15) is 0 Å². The predicted molar refractivity (Wildman–Crippen MR) is 72.0 cm³/mol. The van der Waals surface area contributed by atoms with Crippen LogP contribution < -0.4 is 10.5 Å². The van der Waals surface area contributed by atoms with Gasteiger partial charge in [0.05, 0.1) is 18.4 Å². The monoisotopic (exact) mass is 299 g/mol. The Morgan fingerprint density at radius 3 is 2.53 bits per heavy atom. The maximum Gasteiger partial charge on any atom is 0.244 e. The number of nitrogen functional groups attached to an aromatic ring is 1. The molecule has 0 bridgehead atoms. The van der Waals surface area contributed by atoms with Gasteiger partial charge in [-0.25, -0.2) is 28.1 Å². The topological polar surface area (TPSA) is 111 Å². The van der Waals surface area contributed by atoms with E-state index in [9.17, 15) is 8.42 Å². The summed E-state index contributed by atoms with van der Waals surface area (Å²) in [6, 6.07) is -0.416. The molecule has 7 nitrogen and oxygen atoms in total. The lowest BCUT2D eigenvalue weighted by molar-refractivity contribution is 0.565. The third kappa shape index (κ3) is 3.25. The van der Waals surface area contributed by atoms with Crippen molar-refractivity contribution in [3.63, 3.8) is 0 Å². The van der Waals surface area contributed by atoms with E-state index in [2.05, 4.69) is 19.7 Å². The Bertz CT molecular complexity index is 665. The minimum Gasteiger partial charge on any atom is -0.368 e. The Morgan fingerprint density at radius 2 is 2.00 bits per heavy atom. The zero-order valence-corrected chi connectivity index (χ0v) is 12.0. The lowest BCUT2D eigenvalue weighted by Gasteiger charge is -2.11. The summed E-state index contributed by atoms with van der Waals surface area (Å²) in [6.07, 6.45) is 2.34. The van der Waals surface area contributed by atoms with Crippen molar-refractivity contribution in [2.75, 3.05) is 5.73 Å². The number of sulfonamides is 1. The van der Waals surface area contributed by atoms with E-state index in [4.69, 9.17) is 5.73 Å². The molecule has 102 valence electrons. The highest BCUT2D eigenvalue weighted by Gasteiger charge is 2.20. The molecule has 2 rings (SSSR count). The van der Waals surface area contributed by atoms with Crippen molar-refractivity contribution in [2.24, 2.45) is 0 Å². The molecule has 1 atom stereocenters. The Labute approximate surface area is 115 Å². The number of aromatic nitrogens is 3. The summed E-state index contributed by atoms with van der Waals surface area (Å²) in [5.74, 6) is 0.0301. The molecule has 0 amide bonds. The van der Waals surface area contributed by atoms with Crippen molar-refractivity contribution in [3.05, 3.63) is 28.5 Å². The van der Waals surface area contributed by atoms with Gasteiger partial charge in [0.15, 0.2) is 0 Å². The van der Waals surface area contributed by atoms with E-state index in [-0.39, 0.29) is 10.8 Å². The third-order valence-electron chi connectivity index (χ3n) is 2.30. The number of rotatable bonds is 4. The molecule has 0 aliphatic carbocycles. The second kappa shape index (κ2) is 5.19. The second-order valence-corrected chi connectivity index (χ2v) is 6.55. The molecule has 3 N–H and O–H groups in total. The molecule has 1 unspecified atom stereocenters. The van der Waals surface area contributed by atoms with Crippen LogP contribution in [0.5, 0.6) is 0 Å². The number of aryl methyl sites for hydroxylation is 1. The normalized spacial score (nSPS) is 13.4. The zero-order chi connectivity index (χ0) is 14.0. The summed E-state index contributed by atoms with van der Waals surface area (Å²) in [7, 11) is -3.68. The van der Waals surface area contributed by atoms with E-state index < -0.39 is 16.1 Å². The quantitative estimate of drug-likeness (QED) is 0.866. The van der Waals surface area contributed by atoms with Crippen molar-refractivity contribution in [1.82, 2.24) is 19.7 Å². The zero-order valence-electron chi connectivity index (χ0n) is 10.4. The predicted octanol–water partition coefficient (Wildman–Crippen LogP) is 0.863. The van der Waals surface area contributed by atoms with Gasteiger partial charge in [0.25, 0.3) is 0 Å². The van der Waals surface area contributed by atoms with E-state index in [1.165, 1.54) is 23.7 Å². The first-order valence-corrected chi connectivity index (χ1v) is 7.76. The van der Waals surface area contributed by atoms with Gasteiger partial charge in [-0.15, -0.1) is 11.3 Å². The molecule has 2 aromatic rings. The largest absolute Gasteiger partial charge is 0.368 e. The standard InChI is InChI=1S/C10H13N5O2S2/c1-6-5-18-9(14-6)7(2)15-19(16,17)8-3-12-10(11)13-4-8/h3-5,7,15H,1-2H3,(H2,11,12,13). The lowest BCUT2D eigenvalue weighted by Crippen LogP contribution is -2.27. The van der Waals surface area contributed by atoms with Gasteiger partial charge >= 0.3 is 0 Å². The molecular weight excluding hydrogens is 286 g/mol. The molecule has 0 fully saturated rings. The molecule has 0 aliphatic rings. The summed E-state index contributed by atoms with van der Waals surface area (Å²) in [5.41, 5.74) is 6.18. The minimum atomic E-state index is -3.68. The summed E-state index contributed by atoms with van der Waals surface area (Å²) < 4.78 is 26.7. The van der Waals surface area contributed by atoms with Crippen molar-refractivity contribution < 1.29 is 8.42 Å². The summed E-state index contributed by atoms with van der Waals surface area (Å²) in [4.78, 5) is 11.5. The highest BCUT2D eigenvalue weighted by Crippen LogP contribution is 2.19. The van der Waals surface area contributed by atoms with Crippen molar-refractivity contribution in [3.8, 4) is 0 Å². The number of hydrogen-bond acceptors (Lipinski definition) is 7. The molecule has 0 aromatic carbocycles. The maximum absolute atomic E-state index is 12.1. The van der Waals surface area contributed by atoms with E-state index in [1.54, 1.807) is 6.92 Å². The van der Waals surface area contributed by atoms with E-state index >= 15 is 0 Å². The van der Waals surface area contributed by atoms with Crippen LogP contribution in [0.1, 0.15) is 23.7 Å². The van der Waals surface area contributed by atoms with Crippen LogP contribution in [0.2, 0.25) is 0 Å². The highest BCUT2D eigenvalue weighted by atomic mass is 32.2. The number of nitrogens with zero attached hydrogens (tertiary/aromatic N) is 3. The van der Waals surface area contributed by atoms with Crippen LogP contribution in [-0.4, -0.2) is 23.4 Å². The number of nitrogens with two attached hydrogens (primary N) is 1. The van der Waals surface area contributed by atoms with Crippen LogP contribution in [0.25, 0.3) is 0 Å². The van der Waals surface area contributed by atoms with Crippen molar-refractivity contribution in [1.29, 1.82) is 0 Å². The SMILES string of the molecule is Cc1csc(C(C)NS(=O)(=O)c2cnc(N)nc2)n1. The Hall–Kier alpha value is -1.58. The van der Waals surface area contributed by atoms with Gasteiger partial charge in [0.1, 0.15) is 9.90 Å². The molecule has 0 spiro atoms. The molecule has 19 heavy (non-hydrogen) atoms. The van der Waals surface area contributed by atoms with Crippen molar-refractivity contribution in [2.45, 2.75) is 24.8 Å². The first kappa shape index (κ1) is 13.8. The fraction of sp³-hybridized carbons (Fsp3) is 0.300. The number of nitrogens with one attached hydrogen (secondary N) is 1. The number of anilines is 1. The van der Waals surface area contributed by atoms with Crippen molar-refractivity contribution >= 4 is 27.3 Å². The summed E-state index contributed by atoms with van der Waals surface area (Å²) in [5, 5.41) is 2.57. The van der Waals surface area contributed by atoms with Gasteiger partial charge in [-0.1, -0.05) is 0 Å². The van der Waals surface area contributed by atoms with Gasteiger partial charge in [0, 0.05) is 11.1 Å². The van der Waals surface area contributed by atoms with Crippen LogP contribution in [0.4, 0.5) is 5.95 Å². The smallest absolute Gasteiger partial charge is 0.244 e. The van der Waals surface area contributed by atoms with Gasteiger partial charge in [-0.05, 0) is 13.8 Å². The maximum atomic E-state index is 12.1. The van der Waals surface area contributed by atoms with Crippen LogP contribution in [-0.2, 0) is 10.0 Å². The Kier molecular flexibility index (Phi) is 3.78. The molecule has 9 heteroatoms. The number of thiazole rings is 1. The minimum absolute atomic E-state index is 0.0261. The fourth-order valence-corrected chi connectivity index (χ4v) is 3.36. The summed E-state index contributed by atoms with van der Waals surface area (Å²) >= 11 is 1.41. The first-order chi connectivity index (χ1) is 8.88. The molecule has 0 radical (unpaired) electrons. The average Bonchev–Trinajstić information content (AvgIpc) is 2.76. The number of hydrogen-bond donors (Lipinski definition) is 2. The average molecular weight is 299 g/mol. The highest BCUT2D eigenvalue weighted by molar-refractivity contribution is 7.89. The van der Waals surface area contributed by atoms with Gasteiger partial charge in [0.2, 0.25) is 16.0 Å². The van der Waals surface area contributed by atoms with E-state index in [1.807, 2.05) is 12.3 Å². The Balaban J connectivity index is 2.19. The van der Waals surface area contributed by atoms with Crippen LogP contribution in [0.15, 0.2) is 22.7 Å². The van der Waals surface area contributed by atoms with Gasteiger partial charge < -0.3 is 5.73 Å². The van der Waals surface area contributed by atoms with Crippen LogP contribution in [0.3, 0.4) is 0 Å². The van der Waals surface area contributed by atoms with E-state index in [0.29, 0.717) is 5.01 Å². The third-order valence-corrected chi connectivity index (χ3v) is 4.94. The molecular formula is C10H13N5O2S2. The van der Waals surface area contributed by atoms with Crippen LogP contribution in [0, 0.1) is 6.92 Å². The first-order valence-electron chi connectivity index (χ1n) is 5.40. The van der Waals surface area contributed by atoms with Gasteiger partial charge in [-0.3, -0.25) is 0 Å². The lowest BCUT2D eigenvalue weighted by atomic mass is 10.4. The molecule has 0 aliphatic heterocycles.